The number of fused-ring (bicyclic) bond motifs is 1. The number of nitrogens with one attached hydrogen (secondary N) is 1. The van der Waals surface area contributed by atoms with Crippen LogP contribution < -0.4 is 10.2 Å². The summed E-state index contributed by atoms with van der Waals surface area (Å²) in [7, 11) is 1.84. The van der Waals surface area contributed by atoms with Gasteiger partial charge in [-0.25, -0.2) is 0 Å². The van der Waals surface area contributed by atoms with Crippen LogP contribution in [0.1, 0.15) is 29.0 Å². The first-order valence-corrected chi connectivity index (χ1v) is 8.64. The van der Waals surface area contributed by atoms with Crippen molar-refractivity contribution in [1.29, 1.82) is 0 Å². The van der Waals surface area contributed by atoms with Crippen LogP contribution in [0.2, 0.25) is 0 Å². The monoisotopic (exact) mass is 364 g/mol. The van der Waals surface area contributed by atoms with Gasteiger partial charge in [0.1, 0.15) is 0 Å². The molecule has 0 fully saturated rings. The number of benzene rings is 1. The van der Waals surface area contributed by atoms with Crippen LogP contribution in [0.4, 0.5) is 5.69 Å². The number of amides is 1. The normalized spacial score (nSPS) is 15.4. The van der Waals surface area contributed by atoms with Gasteiger partial charge in [0.25, 0.3) is 0 Å². The average molecular weight is 365 g/mol. The highest BCUT2D eigenvalue weighted by Gasteiger charge is 2.26. The summed E-state index contributed by atoms with van der Waals surface area (Å²) in [6.45, 7) is 3.00. The Morgan fingerprint density at radius 2 is 2.24 bits per heavy atom. The van der Waals surface area contributed by atoms with Crippen LogP contribution in [0.5, 0.6) is 0 Å². The summed E-state index contributed by atoms with van der Waals surface area (Å²) in [6, 6.07) is 8.58. The van der Waals surface area contributed by atoms with E-state index >= 15 is 0 Å². The largest absolute Gasteiger partial charge is 0.315 e. The molecule has 3 rings (SSSR count). The van der Waals surface area contributed by atoms with Crippen LogP contribution in [0.15, 0.2) is 34.1 Å². The van der Waals surface area contributed by atoms with Gasteiger partial charge in [-0.05, 0) is 51.1 Å². The van der Waals surface area contributed by atoms with E-state index in [1.165, 1.54) is 10.4 Å². The number of hydrogen-bond donors (Lipinski definition) is 1. The van der Waals surface area contributed by atoms with E-state index in [1.54, 1.807) is 16.2 Å². The maximum Gasteiger partial charge on any atom is 0.231 e. The highest BCUT2D eigenvalue weighted by Crippen LogP contribution is 2.36. The lowest BCUT2D eigenvalue weighted by atomic mass is 10.0. The molecule has 1 aliphatic heterocycles. The minimum atomic E-state index is 0.163. The number of anilines is 1. The molecule has 0 saturated heterocycles. The first kappa shape index (κ1) is 14.8. The molecule has 1 atom stereocenters. The van der Waals surface area contributed by atoms with Crippen molar-refractivity contribution in [2.45, 2.75) is 19.4 Å². The maximum absolute atomic E-state index is 11.8. The Kier molecular flexibility index (Phi) is 4.15. The quantitative estimate of drug-likeness (QED) is 0.896. The number of carbonyl (C=O) groups excluding carboxylic acids is 1. The Morgan fingerprint density at radius 1 is 1.43 bits per heavy atom. The zero-order valence-electron chi connectivity index (χ0n) is 12.0. The van der Waals surface area contributed by atoms with Crippen molar-refractivity contribution in [1.82, 2.24) is 5.32 Å². The summed E-state index contributed by atoms with van der Waals surface area (Å²) in [5.74, 6) is 0.166. The second-order valence-corrected chi connectivity index (χ2v) is 6.94. The molecule has 1 amide bonds. The molecule has 3 nitrogen and oxygen atoms in total. The molecular weight excluding hydrogens is 348 g/mol. The zero-order valence-corrected chi connectivity index (χ0v) is 14.4. The molecule has 1 aliphatic rings. The van der Waals surface area contributed by atoms with Gasteiger partial charge in [-0.2, -0.15) is 0 Å². The number of carbonyl (C=O) groups is 1. The molecule has 0 radical (unpaired) electrons. The summed E-state index contributed by atoms with van der Waals surface area (Å²) in [5, 5.41) is 5.63. The summed E-state index contributed by atoms with van der Waals surface area (Å²) in [4.78, 5) is 14.8. The fourth-order valence-corrected chi connectivity index (χ4v) is 4.45. The molecule has 0 spiro atoms. The van der Waals surface area contributed by atoms with E-state index in [4.69, 9.17) is 0 Å². The second-order valence-electron chi connectivity index (χ2n) is 5.14. The molecule has 0 aliphatic carbocycles. The van der Waals surface area contributed by atoms with Crippen molar-refractivity contribution in [2.24, 2.45) is 0 Å². The van der Waals surface area contributed by atoms with Gasteiger partial charge < -0.3 is 10.2 Å². The number of likely N-dealkylation sites (N-methyl/N-ethyl adjacent to an activating group) is 1. The summed E-state index contributed by atoms with van der Waals surface area (Å²) >= 11 is 5.36. The predicted octanol–water partition coefficient (Wildman–Crippen LogP) is 3.73. The molecule has 1 N–H and O–H groups in total. The van der Waals surface area contributed by atoms with Crippen LogP contribution in [-0.4, -0.2) is 19.5 Å². The van der Waals surface area contributed by atoms with Crippen molar-refractivity contribution >= 4 is 38.9 Å². The van der Waals surface area contributed by atoms with Gasteiger partial charge in [-0.1, -0.05) is 19.1 Å². The third-order valence-corrected chi connectivity index (χ3v) is 5.76. The Hall–Kier alpha value is -1.17. The topological polar surface area (TPSA) is 32.3 Å². The lowest BCUT2D eigenvalue weighted by Crippen LogP contribution is -2.21. The summed E-state index contributed by atoms with van der Waals surface area (Å²) in [5.41, 5.74) is 3.36. The van der Waals surface area contributed by atoms with Gasteiger partial charge in [0.15, 0.2) is 0 Å². The maximum atomic E-state index is 11.8. The van der Waals surface area contributed by atoms with Gasteiger partial charge in [-0.3, -0.25) is 4.79 Å². The third-order valence-electron chi connectivity index (χ3n) is 3.83. The minimum absolute atomic E-state index is 0.163. The lowest BCUT2D eigenvalue weighted by Gasteiger charge is -2.19. The Morgan fingerprint density at radius 3 is 2.90 bits per heavy atom. The molecule has 5 heteroatoms. The fourth-order valence-electron chi connectivity index (χ4n) is 2.75. The molecule has 2 aromatic rings. The molecule has 21 heavy (non-hydrogen) atoms. The fraction of sp³-hybridized carbons (Fsp3) is 0.312. The smallest absolute Gasteiger partial charge is 0.231 e. The van der Waals surface area contributed by atoms with Crippen molar-refractivity contribution in [3.8, 4) is 0 Å². The molecule has 1 aromatic heterocycles. The lowest BCUT2D eigenvalue weighted by molar-refractivity contribution is -0.117. The van der Waals surface area contributed by atoms with Crippen molar-refractivity contribution in [3.05, 3.63) is 50.1 Å². The van der Waals surface area contributed by atoms with Crippen molar-refractivity contribution in [3.63, 3.8) is 0 Å². The molecule has 2 heterocycles. The van der Waals surface area contributed by atoms with E-state index < -0.39 is 0 Å². The van der Waals surface area contributed by atoms with Gasteiger partial charge in [0, 0.05) is 22.1 Å². The van der Waals surface area contributed by atoms with E-state index in [2.05, 4.69) is 57.8 Å². The third kappa shape index (κ3) is 2.65. The molecule has 0 saturated carbocycles. The van der Waals surface area contributed by atoms with Crippen molar-refractivity contribution < 1.29 is 4.79 Å². The van der Waals surface area contributed by atoms with E-state index in [9.17, 15) is 4.79 Å². The van der Waals surface area contributed by atoms with Gasteiger partial charge in [0.05, 0.1) is 12.5 Å². The zero-order chi connectivity index (χ0) is 15.0. The Labute approximate surface area is 137 Å². The predicted molar refractivity (Wildman–Crippen MR) is 91.1 cm³/mol. The highest BCUT2D eigenvalue weighted by molar-refractivity contribution is 9.10. The van der Waals surface area contributed by atoms with E-state index in [0.717, 1.165) is 22.3 Å². The van der Waals surface area contributed by atoms with Gasteiger partial charge in [0.2, 0.25) is 5.91 Å². The number of rotatable bonds is 4. The summed E-state index contributed by atoms with van der Waals surface area (Å²) < 4.78 is 1.13. The Balaban J connectivity index is 2.00. The van der Waals surface area contributed by atoms with Crippen LogP contribution >= 0.6 is 27.3 Å². The second kappa shape index (κ2) is 5.91. The molecule has 0 bridgehead atoms. The van der Waals surface area contributed by atoms with E-state index in [1.807, 2.05) is 7.05 Å². The first-order chi connectivity index (χ1) is 10.1. The summed E-state index contributed by atoms with van der Waals surface area (Å²) in [6.07, 6.45) is 0.504. The highest BCUT2D eigenvalue weighted by atomic mass is 79.9. The molecular formula is C16H17BrN2OS. The molecule has 1 unspecified atom stereocenters. The van der Waals surface area contributed by atoms with Gasteiger partial charge >= 0.3 is 0 Å². The number of halogens is 1. The van der Waals surface area contributed by atoms with Crippen molar-refractivity contribution in [2.75, 3.05) is 18.5 Å². The van der Waals surface area contributed by atoms with E-state index in [-0.39, 0.29) is 11.9 Å². The average Bonchev–Trinajstić information content (AvgIpc) is 3.01. The molecule has 110 valence electrons. The first-order valence-electron chi connectivity index (χ1n) is 6.97. The minimum Gasteiger partial charge on any atom is -0.315 e. The van der Waals surface area contributed by atoms with Crippen LogP contribution in [0, 0.1) is 0 Å². The van der Waals surface area contributed by atoms with Crippen LogP contribution in [-0.2, 0) is 11.2 Å². The Bertz CT molecular complexity index is 683. The number of thiophene rings is 1. The standard InChI is InChI=1S/C16H17BrN2OS/c1-3-18-15(16-12(17)6-7-21-16)10-4-5-13-11(8-10)9-14(20)19(13)2/h4-8,15,18H,3,9H2,1-2H3. The number of hydrogen-bond acceptors (Lipinski definition) is 3. The van der Waals surface area contributed by atoms with Gasteiger partial charge in [-0.15, -0.1) is 11.3 Å². The van der Waals surface area contributed by atoms with E-state index in [0.29, 0.717) is 6.42 Å². The molecule has 1 aromatic carbocycles. The SMILES string of the molecule is CCNC(c1ccc2c(c1)CC(=O)N2C)c1sccc1Br. The van der Waals surface area contributed by atoms with Crippen LogP contribution in [0.3, 0.4) is 0 Å². The number of nitrogens with zero attached hydrogens (tertiary/aromatic N) is 1. The van der Waals surface area contributed by atoms with Crippen LogP contribution in [0.25, 0.3) is 0 Å².